The molecule has 0 amide bonds. The minimum Gasteiger partial charge on any atom is -0.311 e. The molecule has 1 fully saturated rings. The van der Waals surface area contributed by atoms with Crippen LogP contribution in [0.3, 0.4) is 0 Å². The highest BCUT2D eigenvalue weighted by Gasteiger charge is 2.21. The molecular formula is C11H22N2. The maximum Gasteiger partial charge on any atom is 0.0193 e. The van der Waals surface area contributed by atoms with Gasteiger partial charge in [-0.15, -0.1) is 6.58 Å². The van der Waals surface area contributed by atoms with Gasteiger partial charge in [0, 0.05) is 31.7 Å². The van der Waals surface area contributed by atoms with Gasteiger partial charge in [-0.1, -0.05) is 5.57 Å². The Hall–Kier alpha value is -0.340. The lowest BCUT2D eigenvalue weighted by molar-refractivity contribution is 0.148. The van der Waals surface area contributed by atoms with E-state index in [1.54, 1.807) is 0 Å². The minimum absolute atomic E-state index is 0.640. The molecule has 1 heterocycles. The van der Waals surface area contributed by atoms with Gasteiger partial charge in [0.1, 0.15) is 0 Å². The standard InChI is InChI=1S/C11H22N2/c1-9(2)5-6-13-8-10(3)12-7-11(13)4/h10-12H,1,5-8H2,2-4H3. The Bertz CT molecular complexity index is 177. The molecule has 0 aromatic carbocycles. The second-order valence-corrected chi connectivity index (χ2v) is 4.36. The summed E-state index contributed by atoms with van der Waals surface area (Å²) in [7, 11) is 0. The smallest absolute Gasteiger partial charge is 0.0193 e. The molecule has 2 heteroatoms. The van der Waals surface area contributed by atoms with E-state index in [0.717, 1.165) is 13.0 Å². The van der Waals surface area contributed by atoms with Crippen molar-refractivity contribution in [2.24, 2.45) is 0 Å². The predicted molar refractivity (Wildman–Crippen MR) is 57.9 cm³/mol. The molecule has 2 unspecified atom stereocenters. The van der Waals surface area contributed by atoms with Crippen molar-refractivity contribution >= 4 is 0 Å². The molecule has 0 spiro atoms. The third kappa shape index (κ3) is 3.49. The molecule has 13 heavy (non-hydrogen) atoms. The second-order valence-electron chi connectivity index (χ2n) is 4.36. The Morgan fingerprint density at radius 1 is 1.54 bits per heavy atom. The van der Waals surface area contributed by atoms with Crippen molar-refractivity contribution in [3.8, 4) is 0 Å². The Morgan fingerprint density at radius 2 is 2.23 bits per heavy atom. The van der Waals surface area contributed by atoms with Gasteiger partial charge < -0.3 is 5.32 Å². The van der Waals surface area contributed by atoms with Crippen LogP contribution in [-0.2, 0) is 0 Å². The summed E-state index contributed by atoms with van der Waals surface area (Å²) >= 11 is 0. The normalized spacial score (nSPS) is 30.4. The SMILES string of the molecule is C=C(C)CCN1CC(C)NCC1C. The molecule has 0 saturated carbocycles. The highest BCUT2D eigenvalue weighted by atomic mass is 15.2. The third-order valence-corrected chi connectivity index (χ3v) is 2.72. The molecule has 1 aliphatic rings. The molecular weight excluding hydrogens is 160 g/mol. The van der Waals surface area contributed by atoms with Crippen LogP contribution in [0.15, 0.2) is 12.2 Å². The summed E-state index contributed by atoms with van der Waals surface area (Å²) in [5, 5.41) is 3.49. The number of hydrogen-bond acceptors (Lipinski definition) is 2. The summed E-state index contributed by atoms with van der Waals surface area (Å²) < 4.78 is 0. The van der Waals surface area contributed by atoms with Crippen molar-refractivity contribution in [1.29, 1.82) is 0 Å². The zero-order valence-electron chi connectivity index (χ0n) is 9.14. The Kier molecular flexibility index (Phi) is 3.94. The van der Waals surface area contributed by atoms with Gasteiger partial charge in [-0.3, -0.25) is 4.90 Å². The van der Waals surface area contributed by atoms with Gasteiger partial charge in [0.05, 0.1) is 0 Å². The zero-order chi connectivity index (χ0) is 9.84. The lowest BCUT2D eigenvalue weighted by Gasteiger charge is -2.37. The van der Waals surface area contributed by atoms with Crippen LogP contribution in [0, 0.1) is 0 Å². The van der Waals surface area contributed by atoms with Crippen molar-refractivity contribution in [2.75, 3.05) is 19.6 Å². The molecule has 1 saturated heterocycles. The minimum atomic E-state index is 0.640. The first kappa shape index (κ1) is 10.7. The van der Waals surface area contributed by atoms with E-state index >= 15 is 0 Å². The van der Waals surface area contributed by atoms with Gasteiger partial charge in [0.15, 0.2) is 0 Å². The maximum atomic E-state index is 3.94. The highest BCUT2D eigenvalue weighted by Crippen LogP contribution is 2.08. The van der Waals surface area contributed by atoms with Crippen LogP contribution in [0.4, 0.5) is 0 Å². The first-order valence-corrected chi connectivity index (χ1v) is 5.21. The fourth-order valence-corrected chi connectivity index (χ4v) is 1.74. The molecule has 1 rings (SSSR count). The van der Waals surface area contributed by atoms with Gasteiger partial charge in [-0.2, -0.15) is 0 Å². The molecule has 1 aliphatic heterocycles. The molecule has 0 radical (unpaired) electrons. The van der Waals surface area contributed by atoms with Crippen molar-refractivity contribution in [2.45, 2.75) is 39.3 Å². The van der Waals surface area contributed by atoms with E-state index < -0.39 is 0 Å². The summed E-state index contributed by atoms with van der Waals surface area (Å²) in [6.45, 7) is 14.1. The van der Waals surface area contributed by atoms with Crippen LogP contribution < -0.4 is 5.32 Å². The van der Waals surface area contributed by atoms with Gasteiger partial charge in [0.2, 0.25) is 0 Å². The summed E-state index contributed by atoms with van der Waals surface area (Å²) in [5.74, 6) is 0. The van der Waals surface area contributed by atoms with Crippen LogP contribution in [0.25, 0.3) is 0 Å². The molecule has 1 N–H and O–H groups in total. The molecule has 2 nitrogen and oxygen atoms in total. The van der Waals surface area contributed by atoms with Gasteiger partial charge in [0.25, 0.3) is 0 Å². The Labute approximate surface area is 82.0 Å². The molecule has 76 valence electrons. The monoisotopic (exact) mass is 182 g/mol. The van der Waals surface area contributed by atoms with E-state index in [9.17, 15) is 0 Å². The van der Waals surface area contributed by atoms with E-state index in [0.29, 0.717) is 12.1 Å². The largest absolute Gasteiger partial charge is 0.311 e. The predicted octanol–water partition coefficient (Wildman–Crippen LogP) is 1.63. The van der Waals surface area contributed by atoms with Gasteiger partial charge in [-0.25, -0.2) is 0 Å². The fraction of sp³-hybridized carbons (Fsp3) is 0.818. The summed E-state index contributed by atoms with van der Waals surface area (Å²) in [4.78, 5) is 2.55. The lowest BCUT2D eigenvalue weighted by Crippen LogP contribution is -2.54. The van der Waals surface area contributed by atoms with Crippen molar-refractivity contribution in [3.63, 3.8) is 0 Å². The van der Waals surface area contributed by atoms with E-state index in [4.69, 9.17) is 0 Å². The third-order valence-electron chi connectivity index (χ3n) is 2.72. The number of rotatable bonds is 3. The van der Waals surface area contributed by atoms with Crippen molar-refractivity contribution in [1.82, 2.24) is 10.2 Å². The van der Waals surface area contributed by atoms with Crippen LogP contribution >= 0.6 is 0 Å². The quantitative estimate of drug-likeness (QED) is 0.667. The van der Waals surface area contributed by atoms with Gasteiger partial charge in [-0.05, 0) is 27.2 Å². The summed E-state index contributed by atoms with van der Waals surface area (Å²) in [5.41, 5.74) is 1.29. The van der Waals surface area contributed by atoms with Gasteiger partial charge >= 0.3 is 0 Å². The number of nitrogens with zero attached hydrogens (tertiary/aromatic N) is 1. The van der Waals surface area contributed by atoms with Crippen LogP contribution in [0.1, 0.15) is 27.2 Å². The maximum absolute atomic E-state index is 3.94. The van der Waals surface area contributed by atoms with Crippen LogP contribution in [-0.4, -0.2) is 36.6 Å². The van der Waals surface area contributed by atoms with E-state index in [1.807, 2.05) is 0 Å². The average Bonchev–Trinajstić information content (AvgIpc) is 2.06. The number of hydrogen-bond donors (Lipinski definition) is 1. The van der Waals surface area contributed by atoms with Crippen molar-refractivity contribution < 1.29 is 0 Å². The molecule has 2 atom stereocenters. The first-order valence-electron chi connectivity index (χ1n) is 5.21. The molecule has 0 aromatic heterocycles. The lowest BCUT2D eigenvalue weighted by atomic mass is 10.1. The van der Waals surface area contributed by atoms with E-state index in [1.165, 1.54) is 18.7 Å². The Balaban J connectivity index is 2.33. The first-order chi connectivity index (χ1) is 6.09. The van der Waals surface area contributed by atoms with E-state index in [2.05, 4.69) is 37.6 Å². The van der Waals surface area contributed by atoms with Crippen LogP contribution in [0.5, 0.6) is 0 Å². The molecule has 0 aromatic rings. The average molecular weight is 182 g/mol. The number of piperazine rings is 1. The van der Waals surface area contributed by atoms with E-state index in [-0.39, 0.29) is 0 Å². The fourth-order valence-electron chi connectivity index (χ4n) is 1.74. The van der Waals surface area contributed by atoms with Crippen molar-refractivity contribution in [3.05, 3.63) is 12.2 Å². The molecule has 0 bridgehead atoms. The summed E-state index contributed by atoms with van der Waals surface area (Å²) in [6.07, 6.45) is 1.14. The number of nitrogens with one attached hydrogen (secondary N) is 1. The topological polar surface area (TPSA) is 15.3 Å². The second kappa shape index (κ2) is 4.77. The molecule has 0 aliphatic carbocycles. The highest BCUT2D eigenvalue weighted by molar-refractivity contribution is 4.90. The summed E-state index contributed by atoms with van der Waals surface area (Å²) in [6, 6.07) is 1.32. The van der Waals surface area contributed by atoms with Crippen LogP contribution in [0.2, 0.25) is 0 Å². The zero-order valence-corrected chi connectivity index (χ0v) is 9.14. The Morgan fingerprint density at radius 3 is 2.85 bits per heavy atom.